The number of rotatable bonds is 5. The number of nitriles is 2. The van der Waals surface area contributed by atoms with Gasteiger partial charge in [-0.3, -0.25) is 0 Å². The Balaban J connectivity index is 1.80. The maximum Gasteiger partial charge on any atom is 0.415 e. The summed E-state index contributed by atoms with van der Waals surface area (Å²) in [6, 6.07) is 23.0. The lowest BCUT2D eigenvalue weighted by Crippen LogP contribution is -2.08. The van der Waals surface area contributed by atoms with Crippen molar-refractivity contribution in [3.8, 4) is 23.3 Å². The Kier molecular flexibility index (Phi) is 6.01. The largest absolute Gasteiger partial charge is 0.415 e. The molecular formula is C28H20F3N3. The molecule has 0 N–H and O–H groups in total. The fraction of sp³-hybridized carbons (Fsp3) is 0.143. The number of fused-ring (bicyclic) bond motifs is 3. The molecule has 0 spiro atoms. The first kappa shape index (κ1) is 22.9. The molecule has 1 atom stereocenters. The molecule has 0 saturated carbocycles. The third-order valence-electron chi connectivity index (χ3n) is 5.84. The molecule has 34 heavy (non-hydrogen) atoms. The first-order valence-corrected chi connectivity index (χ1v) is 10.6. The second-order valence-corrected chi connectivity index (χ2v) is 8.15. The molecule has 0 fully saturated rings. The molecule has 0 amide bonds. The van der Waals surface area contributed by atoms with Gasteiger partial charge in [0.05, 0.1) is 23.3 Å². The zero-order valence-electron chi connectivity index (χ0n) is 18.4. The van der Waals surface area contributed by atoms with Crippen LogP contribution in [0.2, 0.25) is 0 Å². The molecule has 168 valence electrons. The Bertz CT molecular complexity index is 1490. The van der Waals surface area contributed by atoms with Gasteiger partial charge < -0.3 is 4.57 Å². The van der Waals surface area contributed by atoms with Crippen LogP contribution in [0.3, 0.4) is 0 Å². The molecule has 0 bridgehead atoms. The third kappa shape index (κ3) is 4.31. The van der Waals surface area contributed by atoms with Gasteiger partial charge in [-0.25, -0.2) is 0 Å². The number of hydrogen-bond donors (Lipinski definition) is 0. The average Bonchev–Trinajstić information content (AvgIpc) is 3.16. The zero-order chi connectivity index (χ0) is 24.5. The summed E-state index contributed by atoms with van der Waals surface area (Å²) in [6.45, 7) is 5.06. The molecule has 0 aliphatic rings. The predicted octanol–water partition coefficient (Wildman–Crippen LogP) is 7.83. The van der Waals surface area contributed by atoms with Crippen LogP contribution >= 0.6 is 0 Å². The summed E-state index contributed by atoms with van der Waals surface area (Å²) in [6.07, 6.45) is -1.50. The molecule has 1 heterocycles. The van der Waals surface area contributed by atoms with Crippen LogP contribution in [0.15, 0.2) is 85.0 Å². The maximum absolute atomic E-state index is 12.7. The van der Waals surface area contributed by atoms with Crippen molar-refractivity contribution < 1.29 is 13.2 Å². The lowest BCUT2D eigenvalue weighted by atomic mass is 9.99. The van der Waals surface area contributed by atoms with Gasteiger partial charge in [0.15, 0.2) is 0 Å². The van der Waals surface area contributed by atoms with Crippen molar-refractivity contribution in [2.24, 2.45) is 0 Å². The molecular weight excluding hydrogens is 435 g/mol. The van der Waals surface area contributed by atoms with Crippen molar-refractivity contribution in [1.29, 1.82) is 10.5 Å². The van der Waals surface area contributed by atoms with E-state index in [0.717, 1.165) is 39.0 Å². The Hall–Kier alpha value is -4.29. The monoisotopic (exact) mass is 455 g/mol. The van der Waals surface area contributed by atoms with Gasteiger partial charge in [0.2, 0.25) is 0 Å². The van der Waals surface area contributed by atoms with Crippen molar-refractivity contribution in [2.75, 3.05) is 0 Å². The summed E-state index contributed by atoms with van der Waals surface area (Å²) in [4.78, 5) is 0. The van der Waals surface area contributed by atoms with E-state index < -0.39 is 11.7 Å². The van der Waals surface area contributed by atoms with Crippen LogP contribution in [0.1, 0.15) is 30.5 Å². The highest BCUT2D eigenvalue weighted by Crippen LogP contribution is 2.36. The van der Waals surface area contributed by atoms with Crippen LogP contribution in [-0.4, -0.2) is 10.7 Å². The second kappa shape index (κ2) is 8.92. The predicted molar refractivity (Wildman–Crippen MR) is 128 cm³/mol. The van der Waals surface area contributed by atoms with Gasteiger partial charge in [0, 0.05) is 33.4 Å². The van der Waals surface area contributed by atoms with E-state index in [1.54, 1.807) is 18.2 Å². The minimum absolute atomic E-state index is 0.0994. The van der Waals surface area contributed by atoms with Crippen LogP contribution in [0.4, 0.5) is 13.2 Å². The van der Waals surface area contributed by atoms with Crippen molar-refractivity contribution in [2.45, 2.75) is 25.6 Å². The smallest absolute Gasteiger partial charge is 0.337 e. The number of hydrogen-bond acceptors (Lipinski definition) is 2. The molecule has 6 heteroatoms. The van der Waals surface area contributed by atoms with Gasteiger partial charge in [0.25, 0.3) is 0 Å². The highest BCUT2D eigenvalue weighted by molar-refractivity contribution is 6.09. The van der Waals surface area contributed by atoms with E-state index in [4.69, 9.17) is 0 Å². The summed E-state index contributed by atoms with van der Waals surface area (Å²) in [5.74, 6) is 0. The van der Waals surface area contributed by atoms with Crippen LogP contribution in [0, 0.1) is 22.7 Å². The number of aromatic nitrogens is 1. The number of alkyl halides is 3. The Morgan fingerprint density at radius 3 is 2.24 bits per heavy atom. The van der Waals surface area contributed by atoms with E-state index in [1.165, 1.54) is 6.08 Å². The van der Waals surface area contributed by atoms with Gasteiger partial charge in [-0.15, -0.1) is 0 Å². The highest BCUT2D eigenvalue weighted by Gasteiger charge is 2.29. The standard InChI is InChI=1S/C28H20F3N3/c1-18(28(29,30)31)6-5-7-19(2)34-26-9-4-3-8-24(26)25-15-22(10-11-27(25)34)23-13-20(16-32)12-21(14-23)17-33/h3-6,8-15,19H,1,7H2,2H3/b6-5-. The van der Waals surface area contributed by atoms with E-state index in [-0.39, 0.29) is 6.04 Å². The molecule has 0 radical (unpaired) electrons. The number of benzene rings is 3. The first-order valence-electron chi connectivity index (χ1n) is 10.6. The Morgan fingerprint density at radius 2 is 1.59 bits per heavy atom. The van der Waals surface area contributed by atoms with Crippen molar-refractivity contribution in [3.05, 3.63) is 96.1 Å². The SMILES string of the molecule is C=C(/C=C\CC(C)n1c2ccccc2c2cc(-c3cc(C#N)cc(C#N)c3)ccc21)C(F)(F)F. The minimum Gasteiger partial charge on any atom is -0.337 e. The summed E-state index contributed by atoms with van der Waals surface area (Å²) in [5, 5.41) is 20.7. The summed E-state index contributed by atoms with van der Waals surface area (Å²) < 4.78 is 40.4. The van der Waals surface area contributed by atoms with Crippen LogP contribution in [0.25, 0.3) is 32.9 Å². The topological polar surface area (TPSA) is 52.5 Å². The number of nitrogens with zero attached hydrogens (tertiary/aromatic N) is 3. The van der Waals surface area contributed by atoms with Crippen LogP contribution in [0.5, 0.6) is 0 Å². The molecule has 0 aliphatic carbocycles. The molecule has 1 unspecified atom stereocenters. The second-order valence-electron chi connectivity index (χ2n) is 8.15. The van der Waals surface area contributed by atoms with Gasteiger partial charge in [-0.2, -0.15) is 23.7 Å². The van der Waals surface area contributed by atoms with Gasteiger partial charge in [-0.1, -0.05) is 43.0 Å². The average molecular weight is 455 g/mol. The summed E-state index contributed by atoms with van der Waals surface area (Å²) >= 11 is 0. The summed E-state index contributed by atoms with van der Waals surface area (Å²) in [5.41, 5.74) is 3.54. The zero-order valence-corrected chi connectivity index (χ0v) is 18.4. The van der Waals surface area contributed by atoms with E-state index in [9.17, 15) is 23.7 Å². The molecule has 4 aromatic rings. The van der Waals surface area contributed by atoms with Gasteiger partial charge >= 0.3 is 6.18 Å². The third-order valence-corrected chi connectivity index (χ3v) is 5.84. The molecule has 0 aliphatic heterocycles. The molecule has 3 aromatic carbocycles. The van der Waals surface area contributed by atoms with Gasteiger partial charge in [0.1, 0.15) is 0 Å². The lowest BCUT2D eigenvalue weighted by molar-refractivity contribution is -0.0878. The normalized spacial score (nSPS) is 12.6. The fourth-order valence-corrected chi connectivity index (χ4v) is 4.19. The first-order chi connectivity index (χ1) is 16.2. The van der Waals surface area contributed by atoms with E-state index in [1.807, 2.05) is 49.4 Å². The van der Waals surface area contributed by atoms with Crippen molar-refractivity contribution >= 4 is 21.8 Å². The quantitative estimate of drug-likeness (QED) is 0.288. The van der Waals surface area contributed by atoms with Gasteiger partial charge in [-0.05, 0) is 60.9 Å². The van der Waals surface area contributed by atoms with Crippen molar-refractivity contribution in [3.63, 3.8) is 0 Å². The number of allylic oxidation sites excluding steroid dienone is 3. The van der Waals surface area contributed by atoms with E-state index >= 15 is 0 Å². The number of para-hydroxylation sites is 1. The Morgan fingerprint density at radius 1 is 0.941 bits per heavy atom. The molecule has 0 saturated heterocycles. The fourth-order valence-electron chi connectivity index (χ4n) is 4.19. The lowest BCUT2D eigenvalue weighted by Gasteiger charge is -2.16. The summed E-state index contributed by atoms with van der Waals surface area (Å²) in [7, 11) is 0. The Labute approximate surface area is 195 Å². The van der Waals surface area contributed by atoms with Crippen LogP contribution in [-0.2, 0) is 0 Å². The molecule has 4 rings (SSSR count). The molecule has 1 aromatic heterocycles. The van der Waals surface area contributed by atoms with Crippen LogP contribution < -0.4 is 0 Å². The number of halogens is 3. The van der Waals surface area contributed by atoms with Crippen molar-refractivity contribution in [1.82, 2.24) is 4.57 Å². The highest BCUT2D eigenvalue weighted by atomic mass is 19.4. The van der Waals surface area contributed by atoms with E-state index in [2.05, 4.69) is 23.3 Å². The minimum atomic E-state index is -4.43. The molecule has 3 nitrogen and oxygen atoms in total. The van der Waals surface area contributed by atoms with E-state index in [0.29, 0.717) is 17.5 Å². The maximum atomic E-state index is 12.7.